The summed E-state index contributed by atoms with van der Waals surface area (Å²) in [6.07, 6.45) is 1.33. The maximum Gasteiger partial charge on any atom is 0.261 e. The summed E-state index contributed by atoms with van der Waals surface area (Å²) in [5.74, 6) is -0.820. The fourth-order valence-electron chi connectivity index (χ4n) is 2.24. The highest BCUT2D eigenvalue weighted by Crippen LogP contribution is 2.13. The zero-order chi connectivity index (χ0) is 16.4. The summed E-state index contributed by atoms with van der Waals surface area (Å²) in [5.41, 5.74) is 1.13. The van der Waals surface area contributed by atoms with Crippen molar-refractivity contribution in [3.05, 3.63) is 70.5 Å². The Balaban J connectivity index is 1.81. The molecule has 0 fully saturated rings. The van der Waals surface area contributed by atoms with E-state index in [-0.39, 0.29) is 12.1 Å². The number of rotatable bonds is 3. The van der Waals surface area contributed by atoms with Crippen LogP contribution in [0, 0.1) is 12.7 Å². The van der Waals surface area contributed by atoms with Crippen molar-refractivity contribution in [2.24, 2.45) is 0 Å². The van der Waals surface area contributed by atoms with Crippen LogP contribution in [0.15, 0.2) is 53.6 Å². The third kappa shape index (κ3) is 3.11. The van der Waals surface area contributed by atoms with Gasteiger partial charge in [-0.05, 0) is 36.8 Å². The number of aryl methyl sites for hydroxylation is 1. The first-order valence-electron chi connectivity index (χ1n) is 7.05. The standard InChI is InChI=1S/C17H14FN3O2/c1-11-6-7-12(8-14(11)18)20-16(22)9-21-10-19-15-5-3-2-4-13(15)17(21)23/h2-8,10H,9H2,1H3,(H,20,22). The average molecular weight is 311 g/mol. The van der Waals surface area contributed by atoms with Crippen molar-refractivity contribution >= 4 is 22.5 Å². The Hall–Kier alpha value is -3.02. The molecule has 116 valence electrons. The van der Waals surface area contributed by atoms with Gasteiger partial charge in [0.2, 0.25) is 5.91 Å². The second-order valence-corrected chi connectivity index (χ2v) is 5.21. The number of anilines is 1. The van der Waals surface area contributed by atoms with Crippen LogP contribution in [-0.2, 0) is 11.3 Å². The zero-order valence-corrected chi connectivity index (χ0v) is 12.4. The normalized spacial score (nSPS) is 10.7. The number of amides is 1. The van der Waals surface area contributed by atoms with Crippen LogP contribution in [0.4, 0.5) is 10.1 Å². The van der Waals surface area contributed by atoms with Gasteiger partial charge < -0.3 is 5.32 Å². The van der Waals surface area contributed by atoms with E-state index in [2.05, 4.69) is 10.3 Å². The lowest BCUT2D eigenvalue weighted by molar-refractivity contribution is -0.116. The number of benzene rings is 2. The second-order valence-electron chi connectivity index (χ2n) is 5.21. The van der Waals surface area contributed by atoms with Crippen LogP contribution < -0.4 is 10.9 Å². The van der Waals surface area contributed by atoms with Crippen molar-refractivity contribution in [1.82, 2.24) is 9.55 Å². The van der Waals surface area contributed by atoms with Crippen LogP contribution in [0.5, 0.6) is 0 Å². The van der Waals surface area contributed by atoms with Crippen molar-refractivity contribution in [3.8, 4) is 0 Å². The lowest BCUT2D eigenvalue weighted by atomic mass is 10.2. The summed E-state index contributed by atoms with van der Waals surface area (Å²) in [5, 5.41) is 3.02. The molecule has 0 saturated heterocycles. The summed E-state index contributed by atoms with van der Waals surface area (Å²) in [7, 11) is 0. The van der Waals surface area contributed by atoms with Gasteiger partial charge in [-0.1, -0.05) is 18.2 Å². The number of hydrogen-bond acceptors (Lipinski definition) is 3. The van der Waals surface area contributed by atoms with Crippen molar-refractivity contribution in [1.29, 1.82) is 0 Å². The van der Waals surface area contributed by atoms with Crippen LogP contribution >= 0.6 is 0 Å². The highest BCUT2D eigenvalue weighted by atomic mass is 19.1. The van der Waals surface area contributed by atoms with Gasteiger partial charge in [0.05, 0.1) is 17.2 Å². The lowest BCUT2D eigenvalue weighted by Crippen LogP contribution is -2.27. The molecule has 23 heavy (non-hydrogen) atoms. The van der Waals surface area contributed by atoms with Crippen LogP contribution in [0.3, 0.4) is 0 Å². The lowest BCUT2D eigenvalue weighted by Gasteiger charge is -2.08. The van der Waals surface area contributed by atoms with E-state index in [4.69, 9.17) is 0 Å². The molecule has 3 aromatic rings. The van der Waals surface area contributed by atoms with Gasteiger partial charge in [0.25, 0.3) is 5.56 Å². The van der Waals surface area contributed by atoms with Crippen LogP contribution in [-0.4, -0.2) is 15.5 Å². The third-order valence-corrected chi connectivity index (χ3v) is 3.50. The summed E-state index contributed by atoms with van der Waals surface area (Å²) >= 11 is 0. The zero-order valence-electron chi connectivity index (χ0n) is 12.4. The Bertz CT molecular complexity index is 950. The van der Waals surface area contributed by atoms with Crippen molar-refractivity contribution < 1.29 is 9.18 Å². The number of aromatic nitrogens is 2. The van der Waals surface area contributed by atoms with Gasteiger partial charge in [-0.3, -0.25) is 14.2 Å². The number of nitrogens with one attached hydrogen (secondary N) is 1. The fourth-order valence-corrected chi connectivity index (χ4v) is 2.24. The smallest absolute Gasteiger partial charge is 0.261 e. The molecule has 0 atom stereocenters. The van der Waals surface area contributed by atoms with Gasteiger partial charge >= 0.3 is 0 Å². The van der Waals surface area contributed by atoms with Gasteiger partial charge in [0.15, 0.2) is 0 Å². The molecule has 0 radical (unpaired) electrons. The molecule has 3 rings (SSSR count). The van der Waals surface area contributed by atoms with E-state index in [0.717, 1.165) is 0 Å². The number of fused-ring (bicyclic) bond motifs is 1. The maximum atomic E-state index is 13.5. The summed E-state index contributed by atoms with van der Waals surface area (Å²) < 4.78 is 14.7. The largest absolute Gasteiger partial charge is 0.324 e. The predicted octanol–water partition coefficient (Wildman–Crippen LogP) is 2.48. The molecular weight excluding hydrogens is 297 g/mol. The molecule has 0 aliphatic heterocycles. The molecule has 5 nitrogen and oxygen atoms in total. The third-order valence-electron chi connectivity index (χ3n) is 3.50. The number of nitrogens with zero attached hydrogens (tertiary/aromatic N) is 2. The topological polar surface area (TPSA) is 64.0 Å². The molecule has 2 aromatic carbocycles. The van der Waals surface area contributed by atoms with Gasteiger partial charge in [0, 0.05) is 5.69 Å². The molecule has 1 aromatic heterocycles. The van der Waals surface area contributed by atoms with Crippen LogP contribution in [0.2, 0.25) is 0 Å². The van der Waals surface area contributed by atoms with E-state index < -0.39 is 11.7 Å². The predicted molar refractivity (Wildman–Crippen MR) is 85.8 cm³/mol. The Morgan fingerprint density at radius 1 is 1.26 bits per heavy atom. The first-order chi connectivity index (χ1) is 11.0. The Labute approximate surface area is 131 Å². The molecule has 0 bridgehead atoms. The molecule has 1 N–H and O–H groups in total. The van der Waals surface area contributed by atoms with Crippen molar-refractivity contribution in [2.45, 2.75) is 13.5 Å². The molecule has 6 heteroatoms. The highest BCUT2D eigenvalue weighted by Gasteiger charge is 2.09. The first-order valence-corrected chi connectivity index (χ1v) is 7.05. The maximum absolute atomic E-state index is 13.5. The van der Waals surface area contributed by atoms with E-state index >= 15 is 0 Å². The Morgan fingerprint density at radius 3 is 2.83 bits per heavy atom. The number of hydrogen-bond donors (Lipinski definition) is 1. The molecule has 1 heterocycles. The summed E-state index contributed by atoms with van der Waals surface area (Å²) in [6.45, 7) is 1.45. The minimum absolute atomic E-state index is 0.188. The summed E-state index contributed by atoms with van der Waals surface area (Å²) in [6, 6.07) is 11.4. The van der Waals surface area contributed by atoms with Crippen molar-refractivity contribution in [3.63, 3.8) is 0 Å². The van der Waals surface area contributed by atoms with E-state index in [1.165, 1.54) is 17.0 Å². The first kappa shape index (κ1) is 14.9. The van der Waals surface area contributed by atoms with Gasteiger partial charge in [-0.2, -0.15) is 0 Å². The quantitative estimate of drug-likeness (QED) is 0.808. The van der Waals surface area contributed by atoms with Gasteiger partial charge in [-0.25, -0.2) is 9.37 Å². The summed E-state index contributed by atoms with van der Waals surface area (Å²) in [4.78, 5) is 28.5. The molecule has 0 spiro atoms. The van der Waals surface area contributed by atoms with Gasteiger partial charge in [-0.15, -0.1) is 0 Å². The minimum Gasteiger partial charge on any atom is -0.324 e. The van der Waals surface area contributed by atoms with E-state index in [9.17, 15) is 14.0 Å². The molecule has 0 aliphatic rings. The van der Waals surface area contributed by atoms with E-state index in [0.29, 0.717) is 22.2 Å². The van der Waals surface area contributed by atoms with E-state index in [1.807, 2.05) is 0 Å². The van der Waals surface area contributed by atoms with Gasteiger partial charge in [0.1, 0.15) is 12.4 Å². The molecule has 0 saturated carbocycles. The Kier molecular flexibility index (Phi) is 3.89. The van der Waals surface area contributed by atoms with Crippen LogP contribution in [0.1, 0.15) is 5.56 Å². The molecule has 1 amide bonds. The monoisotopic (exact) mass is 311 g/mol. The van der Waals surface area contributed by atoms with E-state index in [1.54, 1.807) is 43.3 Å². The average Bonchev–Trinajstić information content (AvgIpc) is 2.54. The molecule has 0 aliphatic carbocycles. The number of carbonyl (C=O) groups is 1. The minimum atomic E-state index is -0.424. The fraction of sp³-hybridized carbons (Fsp3) is 0.118. The number of carbonyl (C=O) groups excluding carboxylic acids is 1. The second kappa shape index (κ2) is 6.00. The SMILES string of the molecule is Cc1ccc(NC(=O)Cn2cnc3ccccc3c2=O)cc1F. The number of para-hydroxylation sites is 1. The van der Waals surface area contributed by atoms with Crippen molar-refractivity contribution in [2.75, 3.05) is 5.32 Å². The highest BCUT2D eigenvalue weighted by molar-refractivity contribution is 5.90. The Morgan fingerprint density at radius 2 is 2.04 bits per heavy atom. The number of halogens is 1. The molecular formula is C17H14FN3O2. The van der Waals surface area contributed by atoms with Crippen LogP contribution in [0.25, 0.3) is 10.9 Å². The molecule has 0 unspecified atom stereocenters.